The van der Waals surface area contributed by atoms with E-state index in [2.05, 4.69) is 0 Å². The number of hydrogen-bond donors (Lipinski definition) is 1. The second kappa shape index (κ2) is 3.15. The predicted molar refractivity (Wildman–Crippen MR) is 45.3 cm³/mol. The molecule has 0 fully saturated rings. The van der Waals surface area contributed by atoms with Gasteiger partial charge in [0.05, 0.1) is 0 Å². The number of alkyl halides is 3. The molecule has 0 rings (SSSR count). The molecule has 0 aliphatic rings. The molecule has 0 aromatic rings. The van der Waals surface area contributed by atoms with Crippen molar-refractivity contribution in [3.05, 3.63) is 0 Å². The topological polar surface area (TPSA) is 20.2 Å². The molecule has 0 aliphatic heterocycles. The van der Waals surface area contributed by atoms with Crippen LogP contribution in [0.25, 0.3) is 0 Å². The van der Waals surface area contributed by atoms with E-state index in [0.29, 0.717) is 0 Å². The third kappa shape index (κ3) is 1.98. The first-order chi connectivity index (χ1) is 5.44. The van der Waals surface area contributed by atoms with E-state index in [-0.39, 0.29) is 0 Å². The first kappa shape index (κ1) is 12.8. The van der Waals surface area contributed by atoms with Gasteiger partial charge in [-0.2, -0.15) is 0 Å². The van der Waals surface area contributed by atoms with Crippen molar-refractivity contribution in [1.82, 2.24) is 0 Å². The Bertz CT molecular complexity index is 180. The van der Waals surface area contributed by atoms with Crippen LogP contribution in [0.1, 0.15) is 34.6 Å². The molecular weight excluding hydrogens is 181 g/mol. The second-order valence-electron chi connectivity index (χ2n) is 4.85. The molecule has 0 radical (unpaired) electrons. The van der Waals surface area contributed by atoms with Gasteiger partial charge >= 0.3 is 0 Å². The second-order valence-corrected chi connectivity index (χ2v) is 4.85. The van der Waals surface area contributed by atoms with Crippen LogP contribution in [0.2, 0.25) is 0 Å². The smallest absolute Gasteiger partial charge is 0.296 e. The van der Waals surface area contributed by atoms with Crippen LogP contribution in [0.5, 0.6) is 0 Å². The highest BCUT2D eigenvalue weighted by Crippen LogP contribution is 2.49. The normalized spacial score (nSPS) is 18.9. The summed E-state index contributed by atoms with van der Waals surface area (Å²) in [6.45, 7) is 7.41. The van der Waals surface area contributed by atoms with Crippen molar-refractivity contribution < 1.29 is 18.3 Å². The van der Waals surface area contributed by atoms with Crippen LogP contribution in [-0.4, -0.2) is 17.4 Å². The van der Waals surface area contributed by atoms with Crippen molar-refractivity contribution in [2.75, 3.05) is 0 Å². The molecule has 4 heteroatoms. The van der Waals surface area contributed by atoms with Gasteiger partial charge in [0, 0.05) is 5.41 Å². The van der Waals surface area contributed by atoms with Crippen molar-refractivity contribution in [3.8, 4) is 0 Å². The zero-order chi connectivity index (χ0) is 11.1. The summed E-state index contributed by atoms with van der Waals surface area (Å²) >= 11 is 0. The van der Waals surface area contributed by atoms with Crippen LogP contribution >= 0.6 is 0 Å². The fourth-order valence-electron chi connectivity index (χ4n) is 0.799. The first-order valence-corrected chi connectivity index (χ1v) is 4.14. The number of hydrogen-bond acceptors (Lipinski definition) is 1. The summed E-state index contributed by atoms with van der Waals surface area (Å²) < 4.78 is 37.7. The minimum Gasteiger partial charge on any atom is -0.357 e. The van der Waals surface area contributed by atoms with Crippen LogP contribution < -0.4 is 0 Å². The van der Waals surface area contributed by atoms with Gasteiger partial charge in [-0.1, -0.05) is 34.6 Å². The van der Waals surface area contributed by atoms with Crippen LogP contribution in [-0.2, 0) is 0 Å². The average molecular weight is 198 g/mol. The Labute approximate surface area is 76.9 Å². The highest BCUT2D eigenvalue weighted by atomic mass is 19.3. The van der Waals surface area contributed by atoms with E-state index in [1.807, 2.05) is 0 Å². The van der Waals surface area contributed by atoms with Gasteiger partial charge in [-0.25, -0.2) is 13.2 Å². The van der Waals surface area contributed by atoms with Crippen LogP contribution in [0.4, 0.5) is 13.2 Å². The Balaban J connectivity index is 5.04. The minimum atomic E-state index is -3.45. The van der Waals surface area contributed by atoms with E-state index in [4.69, 9.17) is 5.11 Å². The molecular formula is C9H17F3O. The molecule has 0 saturated heterocycles. The van der Waals surface area contributed by atoms with Crippen molar-refractivity contribution in [2.45, 2.75) is 46.9 Å². The Morgan fingerprint density at radius 1 is 1.00 bits per heavy atom. The molecule has 0 bridgehead atoms. The molecule has 0 saturated carbocycles. The quantitative estimate of drug-likeness (QED) is 0.723. The lowest BCUT2D eigenvalue weighted by atomic mass is 9.65. The molecule has 0 aromatic heterocycles. The maximum atomic E-state index is 13.3. The summed E-state index contributed by atoms with van der Waals surface area (Å²) in [5.41, 5.74) is -2.25. The molecule has 1 unspecified atom stereocenters. The lowest BCUT2D eigenvalue weighted by Gasteiger charge is -2.45. The number of rotatable bonds is 2. The highest BCUT2D eigenvalue weighted by molar-refractivity contribution is 4.94. The van der Waals surface area contributed by atoms with Gasteiger partial charge in [0.2, 0.25) is 0 Å². The number of halogens is 3. The molecule has 1 atom stereocenters. The van der Waals surface area contributed by atoms with Crippen molar-refractivity contribution in [1.29, 1.82) is 0 Å². The third-order valence-corrected chi connectivity index (χ3v) is 3.04. The van der Waals surface area contributed by atoms with Crippen LogP contribution in [0.3, 0.4) is 0 Å². The van der Waals surface area contributed by atoms with E-state index in [1.54, 1.807) is 20.8 Å². The monoisotopic (exact) mass is 198 g/mol. The van der Waals surface area contributed by atoms with Gasteiger partial charge in [-0.3, -0.25) is 0 Å². The minimum absolute atomic E-state index is 0.743. The van der Waals surface area contributed by atoms with Gasteiger partial charge in [-0.15, -0.1) is 0 Å². The summed E-state index contributed by atoms with van der Waals surface area (Å²) in [5.74, 6) is -3.45. The van der Waals surface area contributed by atoms with Crippen LogP contribution in [0, 0.1) is 10.8 Å². The van der Waals surface area contributed by atoms with Gasteiger partial charge in [0.25, 0.3) is 12.3 Å². The maximum absolute atomic E-state index is 13.3. The molecule has 0 aromatic carbocycles. The van der Waals surface area contributed by atoms with E-state index in [9.17, 15) is 13.2 Å². The zero-order valence-corrected chi connectivity index (χ0v) is 8.66. The van der Waals surface area contributed by atoms with Crippen molar-refractivity contribution >= 4 is 0 Å². The maximum Gasteiger partial charge on any atom is 0.296 e. The van der Waals surface area contributed by atoms with Gasteiger partial charge in [0.15, 0.2) is 0 Å². The molecule has 13 heavy (non-hydrogen) atoms. The Kier molecular flexibility index (Phi) is 3.09. The Morgan fingerprint density at radius 2 is 1.31 bits per heavy atom. The fourth-order valence-corrected chi connectivity index (χ4v) is 0.799. The van der Waals surface area contributed by atoms with Crippen molar-refractivity contribution in [2.24, 2.45) is 10.8 Å². The summed E-state index contributed by atoms with van der Waals surface area (Å²) in [5, 5.41) is 9.04. The summed E-state index contributed by atoms with van der Waals surface area (Å²) in [7, 11) is 0. The number of aliphatic hydroxyl groups is 1. The van der Waals surface area contributed by atoms with Crippen molar-refractivity contribution in [3.63, 3.8) is 0 Å². The average Bonchev–Trinajstić information content (AvgIpc) is 1.84. The molecule has 80 valence electrons. The lowest BCUT2D eigenvalue weighted by Crippen LogP contribution is -2.53. The van der Waals surface area contributed by atoms with E-state index >= 15 is 0 Å². The zero-order valence-electron chi connectivity index (χ0n) is 8.66. The lowest BCUT2D eigenvalue weighted by molar-refractivity contribution is -0.273. The molecule has 0 heterocycles. The standard InChI is InChI=1S/C9H17F3O/c1-7(2,3)8(4,5)9(12,13)6(10)11/h6,13H,1-5H3. The molecule has 0 amide bonds. The van der Waals surface area contributed by atoms with Crippen LogP contribution in [0.15, 0.2) is 0 Å². The van der Waals surface area contributed by atoms with Gasteiger partial charge in [-0.05, 0) is 5.41 Å². The third-order valence-electron chi connectivity index (χ3n) is 3.04. The SMILES string of the molecule is CC(C)(C)C(C)(C)C(O)(F)C(F)F. The van der Waals surface area contributed by atoms with Gasteiger partial charge in [0.1, 0.15) is 0 Å². The summed E-state index contributed by atoms with van der Waals surface area (Å²) in [6.07, 6.45) is -3.39. The van der Waals surface area contributed by atoms with E-state index in [1.165, 1.54) is 13.8 Å². The Morgan fingerprint density at radius 3 is 1.38 bits per heavy atom. The predicted octanol–water partition coefficient (Wildman–Crippen LogP) is 2.98. The Hall–Kier alpha value is -0.250. The van der Waals surface area contributed by atoms with E-state index < -0.39 is 23.1 Å². The highest BCUT2D eigenvalue weighted by Gasteiger charge is 2.57. The summed E-state index contributed by atoms with van der Waals surface area (Å²) in [6, 6.07) is 0. The molecule has 1 N–H and O–H groups in total. The molecule has 0 spiro atoms. The largest absolute Gasteiger partial charge is 0.357 e. The van der Waals surface area contributed by atoms with E-state index in [0.717, 1.165) is 0 Å². The molecule has 1 nitrogen and oxygen atoms in total. The summed E-state index contributed by atoms with van der Waals surface area (Å²) in [4.78, 5) is 0. The molecule has 0 aliphatic carbocycles. The fraction of sp³-hybridized carbons (Fsp3) is 1.00. The van der Waals surface area contributed by atoms with Gasteiger partial charge < -0.3 is 5.11 Å². The first-order valence-electron chi connectivity index (χ1n) is 4.14.